The average Bonchev–Trinajstić information content (AvgIpc) is 3.14. The standard InChI is InChI=1S/C29H38F2N3O7P/c1-17-32-26-21(34(17)16-38-42(36,40-28(2,3)4)41-29(5,6)7)12-18(27(35)33(8)9)13-24(26)39-22-10-11-37-23-15-19(30)14-20(31)25(22)23/h12-15,22H,10-11,16H2,1-9H3. The summed E-state index contributed by atoms with van der Waals surface area (Å²) in [6.45, 7) is 12.0. The Morgan fingerprint density at radius 3 is 2.33 bits per heavy atom. The van der Waals surface area contributed by atoms with E-state index in [4.69, 9.17) is 23.0 Å². The minimum Gasteiger partial charge on any atom is -0.493 e. The van der Waals surface area contributed by atoms with Crippen LogP contribution in [-0.4, -0.2) is 52.3 Å². The summed E-state index contributed by atoms with van der Waals surface area (Å²) in [4.78, 5) is 19.1. The van der Waals surface area contributed by atoms with Gasteiger partial charge in [0.1, 0.15) is 47.3 Å². The molecule has 1 unspecified atom stereocenters. The number of aromatic nitrogens is 2. The van der Waals surface area contributed by atoms with E-state index in [2.05, 4.69) is 4.98 Å². The number of carbonyl (C=O) groups excluding carboxylic acids is 1. The lowest BCUT2D eigenvalue weighted by molar-refractivity contribution is -0.00587. The number of imidazole rings is 1. The van der Waals surface area contributed by atoms with Gasteiger partial charge in [0, 0.05) is 38.2 Å². The number of phosphoric acid groups is 1. The number of phosphoric ester groups is 1. The van der Waals surface area contributed by atoms with Crippen molar-refractivity contribution in [2.75, 3.05) is 20.7 Å². The molecule has 42 heavy (non-hydrogen) atoms. The molecule has 1 amide bonds. The molecule has 2 heterocycles. The van der Waals surface area contributed by atoms with Gasteiger partial charge in [-0.3, -0.25) is 18.4 Å². The molecule has 13 heteroatoms. The number of amides is 1. The van der Waals surface area contributed by atoms with Crippen molar-refractivity contribution in [1.82, 2.24) is 14.5 Å². The van der Waals surface area contributed by atoms with Crippen LogP contribution >= 0.6 is 7.82 Å². The first-order chi connectivity index (χ1) is 19.4. The van der Waals surface area contributed by atoms with Crippen molar-refractivity contribution in [1.29, 1.82) is 0 Å². The molecule has 0 aliphatic carbocycles. The highest BCUT2D eigenvalue weighted by Gasteiger charge is 2.38. The molecule has 1 aromatic heterocycles. The van der Waals surface area contributed by atoms with Crippen molar-refractivity contribution in [3.63, 3.8) is 0 Å². The first-order valence-electron chi connectivity index (χ1n) is 13.5. The largest absolute Gasteiger partial charge is 0.493 e. The topological polar surface area (TPSA) is 101 Å². The molecular formula is C29H38F2N3O7P. The van der Waals surface area contributed by atoms with Crippen molar-refractivity contribution < 1.29 is 41.2 Å². The molecule has 10 nitrogen and oxygen atoms in total. The van der Waals surface area contributed by atoms with E-state index >= 15 is 0 Å². The second kappa shape index (κ2) is 11.6. The number of ether oxygens (including phenoxy) is 2. The first kappa shape index (κ1) is 31.9. The second-order valence-corrected chi connectivity index (χ2v) is 13.8. The van der Waals surface area contributed by atoms with Gasteiger partial charge in [0.2, 0.25) is 0 Å². The van der Waals surface area contributed by atoms with E-state index in [1.54, 1.807) is 73.2 Å². The zero-order valence-electron chi connectivity index (χ0n) is 25.4. The van der Waals surface area contributed by atoms with Gasteiger partial charge in [0.25, 0.3) is 5.91 Å². The van der Waals surface area contributed by atoms with Crippen LogP contribution in [0.1, 0.15) is 75.8 Å². The number of carbonyl (C=O) groups is 1. The lowest BCUT2D eigenvalue weighted by atomic mass is 10.0. The monoisotopic (exact) mass is 609 g/mol. The van der Waals surface area contributed by atoms with E-state index < -0.39 is 36.8 Å². The summed E-state index contributed by atoms with van der Waals surface area (Å²) in [6.07, 6.45) is -0.548. The maximum Gasteiger partial charge on any atom is 0.477 e. The molecule has 1 aliphatic rings. The summed E-state index contributed by atoms with van der Waals surface area (Å²) < 4.78 is 73.1. The van der Waals surface area contributed by atoms with Crippen LogP contribution in [0, 0.1) is 18.6 Å². The lowest BCUT2D eigenvalue weighted by Gasteiger charge is -2.31. The maximum absolute atomic E-state index is 14.9. The number of nitrogens with zero attached hydrogens (tertiary/aromatic N) is 3. The first-order valence-corrected chi connectivity index (χ1v) is 15.0. The third-order valence-corrected chi connectivity index (χ3v) is 8.04. The highest BCUT2D eigenvalue weighted by Crippen LogP contribution is 2.55. The van der Waals surface area contributed by atoms with Crippen LogP contribution in [0.4, 0.5) is 8.78 Å². The van der Waals surface area contributed by atoms with Crippen molar-refractivity contribution >= 4 is 24.8 Å². The van der Waals surface area contributed by atoms with Crippen LogP contribution in [0.15, 0.2) is 24.3 Å². The van der Waals surface area contributed by atoms with Crippen LogP contribution in [0.25, 0.3) is 11.0 Å². The molecule has 0 saturated carbocycles. The van der Waals surface area contributed by atoms with Gasteiger partial charge in [-0.2, -0.15) is 0 Å². The summed E-state index contributed by atoms with van der Waals surface area (Å²) in [6, 6.07) is 5.06. The molecule has 2 aromatic carbocycles. The molecular weight excluding hydrogens is 571 g/mol. The number of hydrogen-bond donors (Lipinski definition) is 0. The van der Waals surface area contributed by atoms with Crippen molar-refractivity contribution in [3.8, 4) is 11.5 Å². The summed E-state index contributed by atoms with van der Waals surface area (Å²) in [5.74, 6) is -1.14. The maximum atomic E-state index is 14.9. The molecule has 1 aliphatic heterocycles. The number of benzene rings is 2. The zero-order valence-corrected chi connectivity index (χ0v) is 26.3. The Morgan fingerprint density at radius 2 is 1.74 bits per heavy atom. The van der Waals surface area contributed by atoms with Gasteiger partial charge in [-0.05, 0) is 60.6 Å². The third-order valence-electron chi connectivity index (χ3n) is 6.06. The van der Waals surface area contributed by atoms with Gasteiger partial charge in [0.05, 0.1) is 28.9 Å². The smallest absolute Gasteiger partial charge is 0.477 e. The predicted octanol–water partition coefficient (Wildman–Crippen LogP) is 6.94. The van der Waals surface area contributed by atoms with Gasteiger partial charge < -0.3 is 18.9 Å². The van der Waals surface area contributed by atoms with Crippen molar-refractivity contribution in [2.45, 2.75) is 78.9 Å². The number of fused-ring (bicyclic) bond motifs is 2. The Morgan fingerprint density at radius 1 is 1.10 bits per heavy atom. The van der Waals surface area contributed by atoms with E-state index in [1.807, 2.05) is 0 Å². The third kappa shape index (κ3) is 7.29. The Kier molecular flexibility index (Phi) is 8.77. The quantitative estimate of drug-likeness (QED) is 0.253. The molecule has 0 fully saturated rings. The Hall–Kier alpha value is -3.05. The van der Waals surface area contributed by atoms with Gasteiger partial charge in [0.15, 0.2) is 0 Å². The number of hydrogen-bond acceptors (Lipinski definition) is 8. The normalized spacial score (nSPS) is 15.8. The fourth-order valence-corrected chi connectivity index (χ4v) is 6.24. The molecule has 230 valence electrons. The molecule has 0 bridgehead atoms. The summed E-state index contributed by atoms with van der Waals surface area (Å²) in [5.41, 5.74) is -0.505. The highest BCUT2D eigenvalue weighted by molar-refractivity contribution is 7.48. The Balaban J connectivity index is 1.78. The van der Waals surface area contributed by atoms with Crippen LogP contribution in [0.2, 0.25) is 0 Å². The highest BCUT2D eigenvalue weighted by atomic mass is 31.2. The van der Waals surface area contributed by atoms with E-state index in [-0.39, 0.29) is 48.3 Å². The van der Waals surface area contributed by atoms with Crippen LogP contribution in [0.3, 0.4) is 0 Å². The number of halogens is 2. The minimum atomic E-state index is -4.08. The van der Waals surface area contributed by atoms with Gasteiger partial charge >= 0.3 is 7.82 Å². The number of rotatable bonds is 8. The molecule has 4 rings (SSSR count). The minimum absolute atomic E-state index is 0.0593. The Bertz CT molecular complexity index is 1520. The SMILES string of the molecule is Cc1nc2c(OC3CCOc4cc(F)cc(F)c43)cc(C(=O)N(C)C)cc2n1COP(=O)(OC(C)(C)C)OC(C)(C)C. The van der Waals surface area contributed by atoms with Gasteiger partial charge in [-0.15, -0.1) is 0 Å². The Labute approximate surface area is 244 Å². The summed E-state index contributed by atoms with van der Waals surface area (Å²) in [7, 11) is -0.851. The lowest BCUT2D eigenvalue weighted by Crippen LogP contribution is -2.25. The fraction of sp³-hybridized carbons (Fsp3) is 0.517. The predicted molar refractivity (Wildman–Crippen MR) is 153 cm³/mol. The average molecular weight is 610 g/mol. The fourth-order valence-electron chi connectivity index (χ4n) is 4.50. The zero-order chi connectivity index (χ0) is 31.2. The molecule has 0 spiro atoms. The van der Waals surface area contributed by atoms with Crippen molar-refractivity contribution in [2.24, 2.45) is 0 Å². The second-order valence-electron chi connectivity index (χ2n) is 12.3. The molecule has 1 atom stereocenters. The molecule has 0 radical (unpaired) electrons. The van der Waals surface area contributed by atoms with Crippen molar-refractivity contribution in [3.05, 3.63) is 52.9 Å². The van der Waals surface area contributed by atoms with Crippen LogP contribution < -0.4 is 9.47 Å². The van der Waals surface area contributed by atoms with E-state index in [1.165, 1.54) is 11.0 Å². The molecule has 0 N–H and O–H groups in total. The molecule has 3 aromatic rings. The molecule has 0 saturated heterocycles. The van der Waals surface area contributed by atoms with Gasteiger partial charge in [-0.25, -0.2) is 18.3 Å². The van der Waals surface area contributed by atoms with Gasteiger partial charge in [-0.1, -0.05) is 0 Å². The van der Waals surface area contributed by atoms with E-state index in [0.29, 0.717) is 16.9 Å². The summed E-state index contributed by atoms with van der Waals surface area (Å²) in [5, 5.41) is 0. The van der Waals surface area contributed by atoms with Crippen LogP contribution in [0.5, 0.6) is 11.5 Å². The van der Waals surface area contributed by atoms with E-state index in [0.717, 1.165) is 12.1 Å². The number of aryl methyl sites for hydroxylation is 1. The summed E-state index contributed by atoms with van der Waals surface area (Å²) >= 11 is 0. The van der Waals surface area contributed by atoms with Crippen LogP contribution in [-0.2, 0) is 24.9 Å². The van der Waals surface area contributed by atoms with E-state index in [9.17, 15) is 18.1 Å².